The van der Waals surface area contributed by atoms with Gasteiger partial charge in [0.25, 0.3) is 5.91 Å². The summed E-state index contributed by atoms with van der Waals surface area (Å²) in [6.07, 6.45) is 3.32. The lowest BCUT2D eigenvalue weighted by Gasteiger charge is -2.34. The Morgan fingerprint density at radius 2 is 1.90 bits per heavy atom. The molecule has 0 bridgehead atoms. The number of carbonyl (C=O) groups excluding carboxylic acids is 2. The summed E-state index contributed by atoms with van der Waals surface area (Å²) in [6.45, 7) is 4.83. The zero-order chi connectivity index (χ0) is 21.3. The third-order valence-corrected chi connectivity index (χ3v) is 7.86. The summed E-state index contributed by atoms with van der Waals surface area (Å²) in [5, 5.41) is 3.19. The Bertz CT molecular complexity index is 976. The van der Waals surface area contributed by atoms with Crippen LogP contribution in [0.2, 0.25) is 0 Å². The largest absolute Gasteiger partial charge is 0.349 e. The first kappa shape index (κ1) is 20.8. The van der Waals surface area contributed by atoms with Crippen LogP contribution in [0.15, 0.2) is 53.4 Å². The molecule has 1 aliphatic heterocycles. The Morgan fingerprint density at radius 3 is 2.67 bits per heavy atom. The summed E-state index contributed by atoms with van der Waals surface area (Å²) in [7, 11) is -1.39. The molecule has 2 aromatic carbocycles. The third-order valence-electron chi connectivity index (χ3n) is 6.52. The lowest BCUT2D eigenvalue weighted by atomic mass is 9.78. The Hall–Kier alpha value is -2.47. The van der Waals surface area contributed by atoms with Crippen molar-refractivity contribution in [1.29, 1.82) is 0 Å². The predicted molar refractivity (Wildman–Crippen MR) is 119 cm³/mol. The van der Waals surface area contributed by atoms with Crippen molar-refractivity contribution in [1.82, 2.24) is 5.32 Å². The molecule has 2 aromatic rings. The fourth-order valence-electron chi connectivity index (χ4n) is 4.44. The lowest BCUT2D eigenvalue weighted by Crippen LogP contribution is -2.44. The smallest absolute Gasteiger partial charge is 0.251 e. The molecule has 0 unspecified atom stereocenters. The van der Waals surface area contributed by atoms with Crippen LogP contribution in [-0.2, 0) is 22.1 Å². The second kappa shape index (κ2) is 8.72. The number of anilines is 1. The molecule has 4 atom stereocenters. The first-order valence-corrected chi connectivity index (χ1v) is 11.9. The van der Waals surface area contributed by atoms with Gasteiger partial charge in [0.05, 0.1) is 27.9 Å². The Balaban J connectivity index is 1.60. The van der Waals surface area contributed by atoms with E-state index in [4.69, 9.17) is 0 Å². The van der Waals surface area contributed by atoms with Gasteiger partial charge in [0, 0.05) is 11.6 Å². The van der Waals surface area contributed by atoms with Crippen LogP contribution in [0.5, 0.6) is 0 Å². The van der Waals surface area contributed by atoms with Crippen molar-refractivity contribution >= 4 is 28.3 Å². The molecule has 0 radical (unpaired) electrons. The molecule has 4 rings (SSSR count). The highest BCUT2D eigenvalue weighted by Crippen LogP contribution is 2.32. The van der Waals surface area contributed by atoms with Gasteiger partial charge in [0.2, 0.25) is 5.91 Å². The molecule has 6 heteroatoms. The summed E-state index contributed by atoms with van der Waals surface area (Å²) in [4.78, 5) is 27.9. The number of amides is 2. The molecular weight excluding hydrogens is 396 g/mol. The molecule has 0 saturated heterocycles. The van der Waals surface area contributed by atoms with Crippen LogP contribution in [0.1, 0.15) is 49.0 Å². The maximum absolute atomic E-state index is 13.0. The van der Waals surface area contributed by atoms with Crippen molar-refractivity contribution in [3.05, 3.63) is 59.7 Å². The Morgan fingerprint density at radius 1 is 1.13 bits per heavy atom. The Kier molecular flexibility index (Phi) is 6.04. The third kappa shape index (κ3) is 4.19. The van der Waals surface area contributed by atoms with Gasteiger partial charge in [-0.15, -0.1) is 0 Å². The number of fused-ring (bicyclic) bond motifs is 1. The maximum atomic E-state index is 13.0. The average molecular weight is 425 g/mol. The predicted octanol–water partition coefficient (Wildman–Crippen LogP) is 3.90. The molecular formula is C24H28N2O3S. The summed E-state index contributed by atoms with van der Waals surface area (Å²) in [6, 6.07) is 15.0. The molecule has 2 amide bonds. The van der Waals surface area contributed by atoms with Gasteiger partial charge in [-0.05, 0) is 42.0 Å². The standard InChI is InChI=1S/C24H28N2O3S/c1-16-7-6-10-20(17(16)2)25-24(28)19-11-12-22-21(13-19)26(23(27)15-30(22)29)14-18-8-4-3-5-9-18/h3-5,8-9,11-13,16-17,20H,6-7,10,14-15H2,1-2H3,(H,25,28)/t16-,17-,20+,30+/m1/s1. The van der Waals surface area contributed by atoms with Crippen LogP contribution in [0.25, 0.3) is 0 Å². The molecule has 0 aromatic heterocycles. The van der Waals surface area contributed by atoms with Gasteiger partial charge in [-0.25, -0.2) is 0 Å². The van der Waals surface area contributed by atoms with E-state index in [2.05, 4.69) is 19.2 Å². The van der Waals surface area contributed by atoms with Gasteiger partial charge < -0.3 is 10.2 Å². The summed E-state index contributed by atoms with van der Waals surface area (Å²) in [5.74, 6) is 0.685. The lowest BCUT2D eigenvalue weighted by molar-refractivity contribution is -0.116. The summed E-state index contributed by atoms with van der Waals surface area (Å²) >= 11 is 0. The zero-order valence-corrected chi connectivity index (χ0v) is 18.3. The molecule has 30 heavy (non-hydrogen) atoms. The molecule has 0 spiro atoms. The van der Waals surface area contributed by atoms with Crippen LogP contribution in [0.3, 0.4) is 0 Å². The number of benzene rings is 2. The van der Waals surface area contributed by atoms with Gasteiger partial charge in [-0.3, -0.25) is 13.8 Å². The first-order valence-electron chi connectivity index (χ1n) is 10.6. The molecule has 1 heterocycles. The van der Waals surface area contributed by atoms with Gasteiger partial charge in [-0.1, -0.05) is 57.0 Å². The number of hydrogen-bond acceptors (Lipinski definition) is 3. The SMILES string of the molecule is C[C@@H]1[C@H](C)CCC[C@@H]1NC(=O)c1ccc2c(c1)N(Cc1ccccc1)C(=O)C[S@@]2=O. The minimum atomic E-state index is -1.39. The van der Waals surface area contributed by atoms with E-state index in [0.29, 0.717) is 34.5 Å². The van der Waals surface area contributed by atoms with E-state index >= 15 is 0 Å². The maximum Gasteiger partial charge on any atom is 0.251 e. The topological polar surface area (TPSA) is 66.5 Å². The normalized spacial score (nSPS) is 26.2. The minimum Gasteiger partial charge on any atom is -0.349 e. The van der Waals surface area contributed by atoms with Crippen molar-refractivity contribution in [3.8, 4) is 0 Å². The van der Waals surface area contributed by atoms with Crippen molar-refractivity contribution in [3.63, 3.8) is 0 Å². The fraction of sp³-hybridized carbons (Fsp3) is 0.417. The molecule has 2 aliphatic rings. The van der Waals surface area contributed by atoms with Gasteiger partial charge >= 0.3 is 0 Å². The highest BCUT2D eigenvalue weighted by atomic mass is 32.2. The monoisotopic (exact) mass is 424 g/mol. The van der Waals surface area contributed by atoms with Gasteiger partial charge in [0.15, 0.2) is 0 Å². The highest BCUT2D eigenvalue weighted by Gasteiger charge is 2.31. The second-order valence-corrected chi connectivity index (χ2v) is 9.90. The number of nitrogens with zero attached hydrogens (tertiary/aromatic N) is 1. The molecule has 1 saturated carbocycles. The van der Waals surface area contributed by atoms with Crippen LogP contribution in [0.4, 0.5) is 5.69 Å². The number of rotatable bonds is 4. The highest BCUT2D eigenvalue weighted by molar-refractivity contribution is 7.86. The van der Waals surface area contributed by atoms with E-state index in [-0.39, 0.29) is 23.6 Å². The Labute approximate surface area is 180 Å². The van der Waals surface area contributed by atoms with E-state index < -0.39 is 10.8 Å². The first-order chi connectivity index (χ1) is 14.4. The van der Waals surface area contributed by atoms with E-state index in [1.54, 1.807) is 23.1 Å². The summed E-state index contributed by atoms with van der Waals surface area (Å²) < 4.78 is 12.5. The number of hydrogen-bond donors (Lipinski definition) is 1. The molecule has 1 fully saturated rings. The van der Waals surface area contributed by atoms with E-state index in [1.165, 1.54) is 6.42 Å². The molecule has 5 nitrogen and oxygen atoms in total. The van der Waals surface area contributed by atoms with Crippen LogP contribution in [-0.4, -0.2) is 27.8 Å². The fourth-order valence-corrected chi connectivity index (χ4v) is 5.60. The van der Waals surface area contributed by atoms with Crippen molar-refractivity contribution in [2.45, 2.75) is 50.6 Å². The number of carbonyl (C=O) groups is 2. The van der Waals surface area contributed by atoms with Crippen molar-refractivity contribution in [2.75, 3.05) is 10.7 Å². The summed E-state index contributed by atoms with van der Waals surface area (Å²) in [5.41, 5.74) is 2.07. The van der Waals surface area contributed by atoms with E-state index in [1.807, 2.05) is 30.3 Å². The van der Waals surface area contributed by atoms with Gasteiger partial charge in [0.1, 0.15) is 5.75 Å². The number of nitrogens with one attached hydrogen (secondary N) is 1. The average Bonchev–Trinajstić information content (AvgIpc) is 2.74. The van der Waals surface area contributed by atoms with Crippen molar-refractivity contribution in [2.24, 2.45) is 11.8 Å². The van der Waals surface area contributed by atoms with Gasteiger partial charge in [-0.2, -0.15) is 0 Å². The van der Waals surface area contributed by atoms with Crippen LogP contribution < -0.4 is 10.2 Å². The minimum absolute atomic E-state index is 0.0249. The van der Waals surface area contributed by atoms with Crippen LogP contribution in [0, 0.1) is 11.8 Å². The van der Waals surface area contributed by atoms with E-state index in [9.17, 15) is 13.8 Å². The molecule has 1 N–H and O–H groups in total. The molecule has 1 aliphatic carbocycles. The van der Waals surface area contributed by atoms with E-state index in [0.717, 1.165) is 18.4 Å². The molecule has 158 valence electrons. The second-order valence-electron chi connectivity index (χ2n) is 8.49. The van der Waals surface area contributed by atoms with Crippen molar-refractivity contribution < 1.29 is 13.8 Å². The van der Waals surface area contributed by atoms with Crippen LogP contribution >= 0.6 is 0 Å². The zero-order valence-electron chi connectivity index (χ0n) is 17.5. The quantitative estimate of drug-likeness (QED) is 0.810.